The minimum atomic E-state index is -2.86. The molecular formula is C16H22F2N2O3. The van der Waals surface area contributed by atoms with Crippen molar-refractivity contribution in [3.05, 3.63) is 29.8 Å². The fraction of sp³-hybridized carbons (Fsp3) is 0.562. The van der Waals surface area contributed by atoms with Crippen LogP contribution in [-0.4, -0.2) is 39.3 Å². The Labute approximate surface area is 134 Å². The summed E-state index contributed by atoms with van der Waals surface area (Å²) >= 11 is 0. The van der Waals surface area contributed by atoms with Gasteiger partial charge in [-0.1, -0.05) is 12.1 Å². The molecule has 0 radical (unpaired) electrons. The molecule has 1 saturated heterocycles. The van der Waals surface area contributed by atoms with E-state index >= 15 is 0 Å². The lowest BCUT2D eigenvalue weighted by Gasteiger charge is -2.35. The number of carbonyl (C=O) groups is 1. The van der Waals surface area contributed by atoms with Gasteiger partial charge in [-0.15, -0.1) is 0 Å². The van der Waals surface area contributed by atoms with Gasteiger partial charge in [0.25, 0.3) is 0 Å². The highest BCUT2D eigenvalue weighted by molar-refractivity contribution is 5.83. The monoisotopic (exact) mass is 328 g/mol. The van der Waals surface area contributed by atoms with E-state index in [0.29, 0.717) is 25.0 Å². The van der Waals surface area contributed by atoms with E-state index in [0.717, 1.165) is 13.1 Å². The number of nitrogens with one attached hydrogen (secondary N) is 2. The molecule has 23 heavy (non-hydrogen) atoms. The van der Waals surface area contributed by atoms with Gasteiger partial charge in [0.1, 0.15) is 5.75 Å². The molecule has 2 rings (SSSR count). The standard InChI is InChI=1S/C16H22F2N2O3/c1-22-11-16(5-7-19-8-6-16)14(21)20-10-12-3-2-4-13(9-12)23-15(17)18/h2-4,9,15,19H,5-8,10-11H2,1H3,(H,20,21). The second kappa shape index (κ2) is 8.21. The number of methoxy groups -OCH3 is 1. The van der Waals surface area contributed by atoms with Crippen LogP contribution in [0.15, 0.2) is 24.3 Å². The van der Waals surface area contributed by atoms with Gasteiger partial charge in [0.05, 0.1) is 12.0 Å². The molecule has 0 bridgehead atoms. The van der Waals surface area contributed by atoms with Crippen molar-refractivity contribution in [1.29, 1.82) is 0 Å². The number of benzene rings is 1. The molecular weight excluding hydrogens is 306 g/mol. The minimum Gasteiger partial charge on any atom is -0.435 e. The van der Waals surface area contributed by atoms with E-state index in [-0.39, 0.29) is 18.2 Å². The highest BCUT2D eigenvalue weighted by Gasteiger charge is 2.39. The zero-order chi connectivity index (χ0) is 16.7. The number of ether oxygens (including phenoxy) is 2. The first-order valence-corrected chi connectivity index (χ1v) is 7.57. The van der Waals surface area contributed by atoms with E-state index in [9.17, 15) is 13.6 Å². The molecule has 1 aliphatic heterocycles. The lowest BCUT2D eigenvalue weighted by Crippen LogP contribution is -2.49. The molecule has 0 spiro atoms. The summed E-state index contributed by atoms with van der Waals surface area (Å²) < 4.78 is 34.1. The van der Waals surface area contributed by atoms with Crippen molar-refractivity contribution >= 4 is 5.91 Å². The van der Waals surface area contributed by atoms with Gasteiger partial charge in [-0.05, 0) is 43.6 Å². The second-order valence-electron chi connectivity index (χ2n) is 5.67. The number of hydrogen-bond donors (Lipinski definition) is 2. The van der Waals surface area contributed by atoms with Gasteiger partial charge in [-0.2, -0.15) is 8.78 Å². The predicted molar refractivity (Wildman–Crippen MR) is 81.3 cm³/mol. The van der Waals surface area contributed by atoms with Crippen molar-refractivity contribution in [2.75, 3.05) is 26.8 Å². The first kappa shape index (κ1) is 17.6. The highest BCUT2D eigenvalue weighted by atomic mass is 19.3. The Morgan fingerprint density at radius 2 is 2.13 bits per heavy atom. The van der Waals surface area contributed by atoms with Crippen LogP contribution in [0, 0.1) is 5.41 Å². The molecule has 1 aromatic carbocycles. The van der Waals surface area contributed by atoms with E-state index in [1.165, 1.54) is 12.1 Å². The van der Waals surface area contributed by atoms with Gasteiger partial charge in [0.15, 0.2) is 0 Å². The molecule has 5 nitrogen and oxygen atoms in total. The zero-order valence-electron chi connectivity index (χ0n) is 13.1. The molecule has 1 aliphatic rings. The smallest absolute Gasteiger partial charge is 0.387 e. The number of hydrogen-bond acceptors (Lipinski definition) is 4. The molecule has 7 heteroatoms. The van der Waals surface area contributed by atoms with Crippen molar-refractivity contribution in [2.24, 2.45) is 5.41 Å². The summed E-state index contributed by atoms with van der Waals surface area (Å²) in [5, 5.41) is 6.11. The minimum absolute atomic E-state index is 0.0685. The van der Waals surface area contributed by atoms with Crippen LogP contribution in [0.3, 0.4) is 0 Å². The van der Waals surface area contributed by atoms with Crippen LogP contribution in [-0.2, 0) is 16.1 Å². The molecule has 1 aromatic rings. The maximum atomic E-state index is 12.6. The first-order valence-electron chi connectivity index (χ1n) is 7.57. The van der Waals surface area contributed by atoms with E-state index in [1.54, 1.807) is 19.2 Å². The Balaban J connectivity index is 1.97. The number of piperidine rings is 1. The molecule has 1 heterocycles. The van der Waals surface area contributed by atoms with Crippen LogP contribution < -0.4 is 15.4 Å². The number of alkyl halides is 2. The normalized spacial score (nSPS) is 17.0. The van der Waals surface area contributed by atoms with Crippen LogP contribution in [0.25, 0.3) is 0 Å². The van der Waals surface area contributed by atoms with E-state index in [4.69, 9.17) is 4.74 Å². The largest absolute Gasteiger partial charge is 0.435 e. The number of rotatable bonds is 7. The average molecular weight is 328 g/mol. The molecule has 0 atom stereocenters. The summed E-state index contributed by atoms with van der Waals surface area (Å²) in [5.74, 6) is 0.0150. The summed E-state index contributed by atoms with van der Waals surface area (Å²) in [6.45, 7) is -0.685. The van der Waals surface area contributed by atoms with Gasteiger partial charge in [-0.25, -0.2) is 0 Å². The van der Waals surface area contributed by atoms with Crippen LogP contribution in [0.5, 0.6) is 5.75 Å². The van der Waals surface area contributed by atoms with Gasteiger partial charge < -0.3 is 20.1 Å². The Hall–Kier alpha value is -1.73. The molecule has 1 fully saturated rings. The first-order chi connectivity index (χ1) is 11.1. The summed E-state index contributed by atoms with van der Waals surface area (Å²) in [6.07, 6.45) is 1.42. The molecule has 0 aromatic heterocycles. The average Bonchev–Trinajstić information content (AvgIpc) is 2.53. The molecule has 1 amide bonds. The lowest BCUT2D eigenvalue weighted by molar-refractivity contribution is -0.136. The van der Waals surface area contributed by atoms with Gasteiger partial charge >= 0.3 is 6.61 Å². The van der Waals surface area contributed by atoms with Crippen molar-refractivity contribution < 1.29 is 23.0 Å². The molecule has 128 valence electrons. The highest BCUT2D eigenvalue weighted by Crippen LogP contribution is 2.29. The Kier molecular flexibility index (Phi) is 6.29. The summed E-state index contributed by atoms with van der Waals surface area (Å²) in [5.41, 5.74) is 0.176. The lowest BCUT2D eigenvalue weighted by atomic mass is 9.78. The van der Waals surface area contributed by atoms with Gasteiger partial charge in [0, 0.05) is 13.7 Å². The van der Waals surface area contributed by atoms with Crippen LogP contribution in [0.4, 0.5) is 8.78 Å². The summed E-state index contributed by atoms with van der Waals surface area (Å²) in [4.78, 5) is 12.6. The van der Waals surface area contributed by atoms with Crippen molar-refractivity contribution in [3.8, 4) is 5.75 Å². The topological polar surface area (TPSA) is 59.6 Å². The molecule has 0 saturated carbocycles. The Morgan fingerprint density at radius 1 is 1.39 bits per heavy atom. The third-order valence-corrected chi connectivity index (χ3v) is 4.04. The second-order valence-corrected chi connectivity index (χ2v) is 5.67. The number of carbonyl (C=O) groups excluding carboxylic acids is 1. The van der Waals surface area contributed by atoms with E-state index in [2.05, 4.69) is 15.4 Å². The fourth-order valence-corrected chi connectivity index (χ4v) is 2.82. The van der Waals surface area contributed by atoms with E-state index < -0.39 is 12.0 Å². The number of halogens is 2. The van der Waals surface area contributed by atoms with Gasteiger partial charge in [-0.3, -0.25) is 4.79 Å². The molecule has 0 unspecified atom stereocenters. The number of amides is 1. The zero-order valence-corrected chi connectivity index (χ0v) is 13.1. The van der Waals surface area contributed by atoms with Crippen molar-refractivity contribution in [1.82, 2.24) is 10.6 Å². The van der Waals surface area contributed by atoms with E-state index in [1.807, 2.05) is 0 Å². The van der Waals surface area contributed by atoms with Crippen molar-refractivity contribution in [2.45, 2.75) is 26.0 Å². The van der Waals surface area contributed by atoms with Gasteiger partial charge in [0.2, 0.25) is 5.91 Å². The maximum Gasteiger partial charge on any atom is 0.387 e. The predicted octanol–water partition coefficient (Wildman–Crippen LogP) is 1.92. The van der Waals surface area contributed by atoms with Crippen LogP contribution in [0.2, 0.25) is 0 Å². The summed E-state index contributed by atoms with van der Waals surface area (Å²) in [6, 6.07) is 6.33. The Bertz CT molecular complexity index is 514. The van der Waals surface area contributed by atoms with Crippen LogP contribution >= 0.6 is 0 Å². The third kappa shape index (κ3) is 4.87. The Morgan fingerprint density at radius 3 is 2.78 bits per heavy atom. The third-order valence-electron chi connectivity index (χ3n) is 4.04. The summed E-state index contributed by atoms with van der Waals surface area (Å²) in [7, 11) is 1.59. The van der Waals surface area contributed by atoms with Crippen molar-refractivity contribution in [3.63, 3.8) is 0 Å². The SMILES string of the molecule is COCC1(C(=O)NCc2cccc(OC(F)F)c2)CCNCC1. The maximum absolute atomic E-state index is 12.6. The van der Waals surface area contributed by atoms with Crippen LogP contribution in [0.1, 0.15) is 18.4 Å². The quantitative estimate of drug-likeness (QED) is 0.803. The molecule has 0 aliphatic carbocycles. The molecule has 2 N–H and O–H groups in total. The fourth-order valence-electron chi connectivity index (χ4n) is 2.82.